The van der Waals surface area contributed by atoms with Crippen LogP contribution in [0, 0.1) is 11.8 Å². The number of aliphatic hydroxyl groups is 1. The van der Waals surface area contributed by atoms with Crippen LogP contribution in [-0.4, -0.2) is 55.1 Å². The maximum atomic E-state index is 8.71. The van der Waals surface area contributed by atoms with Crippen molar-refractivity contribution in [1.82, 2.24) is 4.90 Å². The van der Waals surface area contributed by atoms with E-state index in [-0.39, 0.29) is 6.61 Å². The number of rotatable bonds is 4. The lowest BCUT2D eigenvalue weighted by Gasteiger charge is -2.36. The molecular formula is C17H23NO3. The summed E-state index contributed by atoms with van der Waals surface area (Å²) in [6.45, 7) is 7.42. The molecule has 1 aliphatic rings. The van der Waals surface area contributed by atoms with Gasteiger partial charge in [-0.15, -0.1) is 0 Å². The van der Waals surface area contributed by atoms with Crippen LogP contribution in [0.3, 0.4) is 0 Å². The molecule has 0 aliphatic carbocycles. The number of ether oxygens (including phenoxy) is 2. The van der Waals surface area contributed by atoms with Gasteiger partial charge in [0, 0.05) is 24.7 Å². The number of aliphatic hydroxyl groups excluding tert-OH is 1. The van der Waals surface area contributed by atoms with Crippen LogP contribution in [-0.2, 0) is 4.74 Å². The van der Waals surface area contributed by atoms with E-state index >= 15 is 0 Å². The highest BCUT2D eigenvalue weighted by Crippen LogP contribution is 2.14. The highest BCUT2D eigenvalue weighted by atomic mass is 16.5. The van der Waals surface area contributed by atoms with Crippen molar-refractivity contribution in [3.05, 3.63) is 29.8 Å². The second-order valence-corrected chi connectivity index (χ2v) is 5.32. The molecule has 1 N–H and O–H groups in total. The lowest BCUT2D eigenvalue weighted by molar-refractivity contribution is -0.0522. The molecule has 2 unspecified atom stereocenters. The Hall–Kier alpha value is -1.54. The van der Waals surface area contributed by atoms with Crippen molar-refractivity contribution in [2.24, 2.45) is 0 Å². The first-order valence-electron chi connectivity index (χ1n) is 7.37. The topological polar surface area (TPSA) is 41.9 Å². The molecule has 2 rings (SSSR count). The molecule has 1 aliphatic heterocycles. The normalized spacial score (nSPS) is 22.4. The first-order valence-corrected chi connectivity index (χ1v) is 7.37. The molecule has 0 bridgehead atoms. The molecule has 114 valence electrons. The lowest BCUT2D eigenvalue weighted by Crippen LogP contribution is -2.48. The highest BCUT2D eigenvalue weighted by Gasteiger charge is 2.22. The molecule has 1 aromatic rings. The Kier molecular flexibility index (Phi) is 6.06. The number of nitrogens with zero attached hydrogens (tertiary/aromatic N) is 1. The summed E-state index contributed by atoms with van der Waals surface area (Å²) in [6, 6.07) is 8.08. The fraction of sp³-hybridized carbons (Fsp3) is 0.529. The van der Waals surface area contributed by atoms with Gasteiger partial charge in [0.05, 0.1) is 12.7 Å². The zero-order chi connectivity index (χ0) is 15.1. The van der Waals surface area contributed by atoms with E-state index in [0.29, 0.717) is 18.8 Å². The average Bonchev–Trinajstić information content (AvgIpc) is 2.49. The lowest BCUT2D eigenvalue weighted by atomic mass is 10.2. The van der Waals surface area contributed by atoms with Crippen molar-refractivity contribution in [2.75, 3.05) is 32.9 Å². The zero-order valence-corrected chi connectivity index (χ0v) is 12.7. The Balaban J connectivity index is 1.83. The predicted octanol–water partition coefficient (Wildman–Crippen LogP) is 1.52. The SMILES string of the molecule is CC1CN(CCOc2cccc(C#CCO)c2)C(C)CO1. The Labute approximate surface area is 126 Å². The van der Waals surface area contributed by atoms with Gasteiger partial charge in [0.1, 0.15) is 19.0 Å². The van der Waals surface area contributed by atoms with Crippen LogP contribution in [0.2, 0.25) is 0 Å². The maximum Gasteiger partial charge on any atom is 0.120 e. The summed E-state index contributed by atoms with van der Waals surface area (Å²) in [5.74, 6) is 6.33. The van der Waals surface area contributed by atoms with Crippen LogP contribution in [0.25, 0.3) is 0 Å². The molecular weight excluding hydrogens is 266 g/mol. The van der Waals surface area contributed by atoms with Gasteiger partial charge < -0.3 is 14.6 Å². The van der Waals surface area contributed by atoms with Crippen LogP contribution in [0.4, 0.5) is 0 Å². The average molecular weight is 289 g/mol. The van der Waals surface area contributed by atoms with E-state index in [2.05, 4.69) is 30.6 Å². The molecule has 1 heterocycles. The molecule has 1 saturated heterocycles. The van der Waals surface area contributed by atoms with Crippen molar-refractivity contribution in [1.29, 1.82) is 0 Å². The molecule has 4 heteroatoms. The van der Waals surface area contributed by atoms with Crippen molar-refractivity contribution in [3.8, 4) is 17.6 Å². The highest BCUT2D eigenvalue weighted by molar-refractivity contribution is 5.39. The van der Waals surface area contributed by atoms with Crippen LogP contribution in [0.15, 0.2) is 24.3 Å². The van der Waals surface area contributed by atoms with E-state index in [1.807, 2.05) is 24.3 Å². The van der Waals surface area contributed by atoms with E-state index < -0.39 is 0 Å². The van der Waals surface area contributed by atoms with E-state index in [1.54, 1.807) is 0 Å². The van der Waals surface area contributed by atoms with E-state index in [9.17, 15) is 0 Å². The van der Waals surface area contributed by atoms with Gasteiger partial charge in [-0.3, -0.25) is 4.90 Å². The molecule has 0 aromatic heterocycles. The molecule has 2 atom stereocenters. The fourth-order valence-electron chi connectivity index (χ4n) is 2.37. The third-order valence-corrected chi connectivity index (χ3v) is 3.53. The molecule has 0 spiro atoms. The minimum atomic E-state index is -0.127. The zero-order valence-electron chi connectivity index (χ0n) is 12.7. The van der Waals surface area contributed by atoms with E-state index in [4.69, 9.17) is 14.6 Å². The largest absolute Gasteiger partial charge is 0.492 e. The molecule has 1 aromatic carbocycles. The van der Waals surface area contributed by atoms with Crippen LogP contribution >= 0.6 is 0 Å². The van der Waals surface area contributed by atoms with Crippen molar-refractivity contribution in [3.63, 3.8) is 0 Å². The Morgan fingerprint density at radius 2 is 2.29 bits per heavy atom. The van der Waals surface area contributed by atoms with Crippen molar-refractivity contribution < 1.29 is 14.6 Å². The van der Waals surface area contributed by atoms with Crippen molar-refractivity contribution >= 4 is 0 Å². The van der Waals surface area contributed by atoms with Gasteiger partial charge in [0.25, 0.3) is 0 Å². The summed E-state index contributed by atoms with van der Waals surface area (Å²) in [5.41, 5.74) is 0.856. The summed E-state index contributed by atoms with van der Waals surface area (Å²) in [4.78, 5) is 2.39. The van der Waals surface area contributed by atoms with Gasteiger partial charge in [0.2, 0.25) is 0 Å². The second kappa shape index (κ2) is 8.04. The van der Waals surface area contributed by atoms with Crippen LogP contribution < -0.4 is 4.74 Å². The van der Waals surface area contributed by atoms with Crippen LogP contribution in [0.1, 0.15) is 19.4 Å². The van der Waals surface area contributed by atoms with Crippen LogP contribution in [0.5, 0.6) is 5.75 Å². The molecule has 1 fully saturated rings. The molecule has 0 saturated carbocycles. The Morgan fingerprint density at radius 1 is 1.43 bits per heavy atom. The van der Waals surface area contributed by atoms with Gasteiger partial charge in [0.15, 0.2) is 0 Å². The van der Waals surface area contributed by atoms with Gasteiger partial charge in [-0.25, -0.2) is 0 Å². The van der Waals surface area contributed by atoms with Gasteiger partial charge in [-0.05, 0) is 32.0 Å². The second-order valence-electron chi connectivity index (χ2n) is 5.32. The standard InChI is InChI=1S/C17H23NO3/c1-14-13-21-15(2)12-18(14)8-10-20-17-7-3-5-16(11-17)6-4-9-19/h3,5,7,11,14-15,19H,8-10,12-13H2,1-2H3. The third kappa shape index (κ3) is 5.05. The van der Waals surface area contributed by atoms with E-state index in [1.165, 1.54) is 0 Å². The molecule has 0 radical (unpaired) electrons. The number of benzene rings is 1. The minimum absolute atomic E-state index is 0.127. The monoisotopic (exact) mass is 289 g/mol. The van der Waals surface area contributed by atoms with Gasteiger partial charge in [-0.1, -0.05) is 17.9 Å². The summed E-state index contributed by atoms with van der Waals surface area (Å²) < 4.78 is 11.4. The maximum absolute atomic E-state index is 8.71. The summed E-state index contributed by atoms with van der Waals surface area (Å²) in [6.07, 6.45) is 0.290. The molecule has 0 amide bonds. The third-order valence-electron chi connectivity index (χ3n) is 3.53. The summed E-state index contributed by atoms with van der Waals surface area (Å²) >= 11 is 0. The smallest absolute Gasteiger partial charge is 0.120 e. The summed E-state index contributed by atoms with van der Waals surface area (Å²) in [5, 5.41) is 8.71. The fourth-order valence-corrected chi connectivity index (χ4v) is 2.37. The molecule has 21 heavy (non-hydrogen) atoms. The number of hydrogen-bond donors (Lipinski definition) is 1. The first kappa shape index (κ1) is 15.8. The van der Waals surface area contributed by atoms with Crippen molar-refractivity contribution in [2.45, 2.75) is 26.0 Å². The van der Waals surface area contributed by atoms with Gasteiger partial charge in [-0.2, -0.15) is 0 Å². The summed E-state index contributed by atoms with van der Waals surface area (Å²) in [7, 11) is 0. The number of morpholine rings is 1. The minimum Gasteiger partial charge on any atom is -0.492 e. The van der Waals surface area contributed by atoms with Gasteiger partial charge >= 0.3 is 0 Å². The van der Waals surface area contributed by atoms with E-state index in [0.717, 1.165) is 31.0 Å². The quantitative estimate of drug-likeness (QED) is 0.853. The number of hydrogen-bond acceptors (Lipinski definition) is 4. The first-order chi connectivity index (χ1) is 10.2. The molecule has 4 nitrogen and oxygen atoms in total. The predicted molar refractivity (Wildman–Crippen MR) is 82.3 cm³/mol. The Morgan fingerprint density at radius 3 is 3.10 bits per heavy atom. The Bertz CT molecular complexity index is 506.